The Hall–Kier alpha value is -2.23. The second-order valence-electron chi connectivity index (χ2n) is 5.85. The van der Waals surface area contributed by atoms with Gasteiger partial charge in [-0.25, -0.2) is 4.98 Å². The molecule has 1 heterocycles. The second kappa shape index (κ2) is 6.26. The van der Waals surface area contributed by atoms with Crippen molar-refractivity contribution in [3.63, 3.8) is 0 Å². The smallest absolute Gasteiger partial charge is 0.223 e. The minimum absolute atomic E-state index is 0.0403. The van der Waals surface area contributed by atoms with E-state index in [9.17, 15) is 9.18 Å². The Labute approximate surface area is 129 Å². The summed E-state index contributed by atoms with van der Waals surface area (Å²) in [4.78, 5) is 15.7. The Morgan fingerprint density at radius 2 is 2.09 bits per heavy atom. The van der Waals surface area contributed by atoms with Crippen molar-refractivity contribution in [1.82, 2.24) is 10.3 Å². The van der Waals surface area contributed by atoms with E-state index < -0.39 is 5.95 Å². The fourth-order valence-corrected chi connectivity index (χ4v) is 2.62. The highest BCUT2D eigenvalue weighted by molar-refractivity contribution is 5.79. The van der Waals surface area contributed by atoms with Crippen molar-refractivity contribution in [3.8, 4) is 11.1 Å². The summed E-state index contributed by atoms with van der Waals surface area (Å²) in [6.45, 7) is 1.98. The molecule has 3 nitrogen and oxygen atoms in total. The topological polar surface area (TPSA) is 42.0 Å². The first-order valence-corrected chi connectivity index (χ1v) is 7.66. The summed E-state index contributed by atoms with van der Waals surface area (Å²) in [5, 5.41) is 3.07. The predicted molar refractivity (Wildman–Crippen MR) is 83.5 cm³/mol. The molecule has 1 aromatic carbocycles. The van der Waals surface area contributed by atoms with E-state index in [0.29, 0.717) is 0 Å². The molecule has 1 aromatic heterocycles. The lowest BCUT2D eigenvalue weighted by atomic mass is 9.84. The van der Waals surface area contributed by atoms with Crippen LogP contribution in [0.25, 0.3) is 11.1 Å². The van der Waals surface area contributed by atoms with Gasteiger partial charge in [-0.3, -0.25) is 4.79 Å². The molecule has 2 aromatic rings. The van der Waals surface area contributed by atoms with Crippen LogP contribution in [0, 0.1) is 11.9 Å². The van der Waals surface area contributed by atoms with Crippen LogP contribution in [0.15, 0.2) is 42.6 Å². The van der Waals surface area contributed by atoms with E-state index in [2.05, 4.69) is 10.3 Å². The Balaban J connectivity index is 1.75. The molecule has 114 valence electrons. The summed E-state index contributed by atoms with van der Waals surface area (Å²) in [5.74, 6) is -0.152. The zero-order valence-electron chi connectivity index (χ0n) is 12.6. The Morgan fingerprint density at radius 3 is 2.73 bits per heavy atom. The highest BCUT2D eigenvalue weighted by Gasteiger charge is 2.26. The van der Waals surface area contributed by atoms with Crippen LogP contribution >= 0.6 is 0 Å². The van der Waals surface area contributed by atoms with Crippen LogP contribution in [0.1, 0.15) is 37.8 Å². The molecule has 1 N–H and O–H groups in total. The van der Waals surface area contributed by atoms with E-state index in [0.717, 1.165) is 36.0 Å². The number of pyridine rings is 1. The molecule has 3 rings (SSSR count). The molecule has 4 heteroatoms. The van der Waals surface area contributed by atoms with E-state index in [-0.39, 0.29) is 17.9 Å². The maximum atomic E-state index is 12.9. The molecule has 0 spiro atoms. The Bertz CT molecular complexity index is 665. The van der Waals surface area contributed by atoms with Crippen LogP contribution in [0.2, 0.25) is 0 Å². The van der Waals surface area contributed by atoms with Gasteiger partial charge < -0.3 is 5.32 Å². The number of nitrogens with one attached hydrogen (secondary N) is 1. The first-order chi connectivity index (χ1) is 10.6. The van der Waals surface area contributed by atoms with Crippen LogP contribution in [-0.2, 0) is 4.79 Å². The maximum absolute atomic E-state index is 12.9. The molecule has 1 aliphatic rings. The van der Waals surface area contributed by atoms with Gasteiger partial charge in [0.1, 0.15) is 0 Å². The SMILES string of the molecule is C[C@H](NC(=O)C1CCC1)c1cccc(-c2ccc(F)nc2)c1. The average Bonchev–Trinajstić information content (AvgIpc) is 2.46. The third-order valence-electron chi connectivity index (χ3n) is 4.28. The monoisotopic (exact) mass is 298 g/mol. The van der Waals surface area contributed by atoms with Gasteiger partial charge in [0.05, 0.1) is 6.04 Å². The van der Waals surface area contributed by atoms with Crippen molar-refractivity contribution in [1.29, 1.82) is 0 Å². The number of carbonyl (C=O) groups excluding carboxylic acids is 1. The average molecular weight is 298 g/mol. The van der Waals surface area contributed by atoms with E-state index in [1.807, 2.05) is 31.2 Å². The summed E-state index contributed by atoms with van der Waals surface area (Å²) in [6.07, 6.45) is 4.67. The van der Waals surface area contributed by atoms with Crippen LogP contribution in [0.5, 0.6) is 0 Å². The Morgan fingerprint density at radius 1 is 1.27 bits per heavy atom. The number of halogens is 1. The normalized spacial score (nSPS) is 15.9. The summed E-state index contributed by atoms with van der Waals surface area (Å²) < 4.78 is 12.9. The van der Waals surface area contributed by atoms with Gasteiger partial charge in [0.25, 0.3) is 0 Å². The van der Waals surface area contributed by atoms with Crippen molar-refractivity contribution in [2.75, 3.05) is 0 Å². The molecule has 0 unspecified atom stereocenters. The summed E-state index contributed by atoms with van der Waals surface area (Å²) in [6, 6.07) is 10.9. The fourth-order valence-electron chi connectivity index (χ4n) is 2.62. The van der Waals surface area contributed by atoms with Crippen molar-refractivity contribution in [2.45, 2.75) is 32.2 Å². The third-order valence-corrected chi connectivity index (χ3v) is 4.28. The number of aromatic nitrogens is 1. The summed E-state index contributed by atoms with van der Waals surface area (Å²) >= 11 is 0. The fraction of sp³-hybridized carbons (Fsp3) is 0.333. The van der Waals surface area contributed by atoms with Gasteiger partial charge in [-0.1, -0.05) is 24.6 Å². The molecule has 0 radical (unpaired) electrons. The van der Waals surface area contributed by atoms with E-state index in [1.165, 1.54) is 12.3 Å². The number of rotatable bonds is 4. The molecule has 0 bridgehead atoms. The molecular formula is C18H19FN2O. The van der Waals surface area contributed by atoms with Crippen molar-refractivity contribution >= 4 is 5.91 Å². The molecule has 1 aliphatic carbocycles. The van der Waals surface area contributed by atoms with E-state index >= 15 is 0 Å². The van der Waals surface area contributed by atoms with Gasteiger partial charge >= 0.3 is 0 Å². The molecular weight excluding hydrogens is 279 g/mol. The minimum Gasteiger partial charge on any atom is -0.349 e. The van der Waals surface area contributed by atoms with Crippen molar-refractivity contribution in [2.24, 2.45) is 5.92 Å². The van der Waals surface area contributed by atoms with Crippen LogP contribution in [0.4, 0.5) is 4.39 Å². The quantitative estimate of drug-likeness (QED) is 0.871. The summed E-state index contributed by atoms with van der Waals surface area (Å²) in [7, 11) is 0. The third kappa shape index (κ3) is 3.16. The number of carbonyl (C=O) groups is 1. The minimum atomic E-state index is -0.485. The van der Waals surface area contributed by atoms with Gasteiger partial charge in [0.2, 0.25) is 11.9 Å². The van der Waals surface area contributed by atoms with Crippen LogP contribution in [0.3, 0.4) is 0 Å². The molecule has 0 saturated heterocycles. The lowest BCUT2D eigenvalue weighted by molar-refractivity contribution is -0.128. The molecule has 1 fully saturated rings. The zero-order chi connectivity index (χ0) is 15.5. The van der Waals surface area contributed by atoms with E-state index in [4.69, 9.17) is 0 Å². The second-order valence-corrected chi connectivity index (χ2v) is 5.85. The zero-order valence-corrected chi connectivity index (χ0v) is 12.6. The van der Waals surface area contributed by atoms with Crippen molar-refractivity contribution < 1.29 is 9.18 Å². The Kier molecular flexibility index (Phi) is 4.18. The highest BCUT2D eigenvalue weighted by Crippen LogP contribution is 2.28. The first kappa shape index (κ1) is 14.7. The number of hydrogen-bond donors (Lipinski definition) is 1. The first-order valence-electron chi connectivity index (χ1n) is 7.66. The molecule has 22 heavy (non-hydrogen) atoms. The maximum Gasteiger partial charge on any atom is 0.223 e. The number of hydrogen-bond acceptors (Lipinski definition) is 2. The number of amides is 1. The largest absolute Gasteiger partial charge is 0.349 e. The van der Waals surface area contributed by atoms with Gasteiger partial charge in [-0.15, -0.1) is 0 Å². The van der Waals surface area contributed by atoms with Crippen molar-refractivity contribution in [3.05, 3.63) is 54.1 Å². The van der Waals surface area contributed by atoms with Crippen LogP contribution in [-0.4, -0.2) is 10.9 Å². The van der Waals surface area contributed by atoms with Gasteiger partial charge in [-0.05, 0) is 49.1 Å². The predicted octanol–water partition coefficient (Wildman–Crippen LogP) is 3.87. The molecule has 1 amide bonds. The lowest BCUT2D eigenvalue weighted by Crippen LogP contribution is -2.35. The standard InChI is InChI=1S/C18H19FN2O/c1-12(21-18(22)13-4-2-5-13)14-6-3-7-15(10-14)16-8-9-17(19)20-11-16/h3,6-13H,2,4-5H2,1H3,(H,21,22)/t12-/m0/s1. The van der Waals surface area contributed by atoms with E-state index in [1.54, 1.807) is 6.07 Å². The molecule has 0 aliphatic heterocycles. The lowest BCUT2D eigenvalue weighted by Gasteiger charge is -2.26. The molecule has 1 saturated carbocycles. The van der Waals surface area contributed by atoms with Gasteiger partial charge in [0, 0.05) is 17.7 Å². The number of nitrogens with zero attached hydrogens (tertiary/aromatic N) is 1. The van der Waals surface area contributed by atoms with Crippen LogP contribution < -0.4 is 5.32 Å². The van der Waals surface area contributed by atoms with Gasteiger partial charge in [0.15, 0.2) is 0 Å². The molecule has 1 atom stereocenters. The summed E-state index contributed by atoms with van der Waals surface area (Å²) in [5.41, 5.74) is 2.87. The van der Waals surface area contributed by atoms with Gasteiger partial charge in [-0.2, -0.15) is 4.39 Å². The highest BCUT2D eigenvalue weighted by atomic mass is 19.1. The number of benzene rings is 1.